The first-order chi connectivity index (χ1) is 2.00. The molecule has 0 saturated carbocycles. The molecule has 43 valence electrons. The summed E-state index contributed by atoms with van der Waals surface area (Å²) >= 11 is 0. The van der Waals surface area contributed by atoms with E-state index in [0.29, 0.717) is 0 Å². The first-order valence-corrected chi connectivity index (χ1v) is 2.10. The summed E-state index contributed by atoms with van der Waals surface area (Å²) in [4.78, 5) is 0. The van der Waals surface area contributed by atoms with Crippen LogP contribution in [0.4, 0.5) is 0 Å². The van der Waals surface area contributed by atoms with Crippen molar-refractivity contribution in [2.75, 3.05) is 0 Å². The SMILES string of the molecule is O=S(=O)(O)O.[B].[Ba+2].[H-].[H-].[H-].[H-].[Mg+2]. The van der Waals surface area contributed by atoms with Crippen LogP contribution < -0.4 is 0 Å². The maximum Gasteiger partial charge on any atom is 2.00 e. The third-order valence-corrected chi connectivity index (χ3v) is 0. The van der Waals surface area contributed by atoms with E-state index in [1.807, 2.05) is 0 Å². The second-order valence-electron chi connectivity index (χ2n) is 0.448. The summed E-state index contributed by atoms with van der Waals surface area (Å²) in [6, 6.07) is 0. The van der Waals surface area contributed by atoms with Gasteiger partial charge in [-0.2, -0.15) is 8.42 Å². The van der Waals surface area contributed by atoms with Gasteiger partial charge in [-0.1, -0.05) is 0 Å². The molecule has 0 aliphatic carbocycles. The molecule has 0 aliphatic rings. The average Bonchev–Trinajstić information content (AvgIpc) is 0.722. The maximum absolute atomic E-state index is 8.74. The average molecular weight is 275 g/mol. The van der Waals surface area contributed by atoms with E-state index in [-0.39, 0.29) is 86.1 Å². The molecule has 2 N–H and O–H groups in total. The fourth-order valence-corrected chi connectivity index (χ4v) is 0. The minimum Gasteiger partial charge on any atom is -1.00 e. The van der Waals surface area contributed by atoms with Crippen molar-refractivity contribution in [3.63, 3.8) is 0 Å². The first-order valence-electron chi connectivity index (χ1n) is 0.698. The molecule has 0 aliphatic heterocycles. The monoisotopic (exact) mass is 275 g/mol. The van der Waals surface area contributed by atoms with E-state index < -0.39 is 10.4 Å². The number of rotatable bonds is 0. The van der Waals surface area contributed by atoms with Gasteiger partial charge in [0.15, 0.2) is 0 Å². The van der Waals surface area contributed by atoms with Gasteiger partial charge in [-0.05, 0) is 0 Å². The van der Waals surface area contributed by atoms with Crippen LogP contribution in [0, 0.1) is 0 Å². The van der Waals surface area contributed by atoms with Crippen LogP contribution in [0.15, 0.2) is 0 Å². The Morgan fingerprint density at radius 2 is 1.25 bits per heavy atom. The van der Waals surface area contributed by atoms with Gasteiger partial charge in [0.2, 0.25) is 0 Å². The van der Waals surface area contributed by atoms with Crippen molar-refractivity contribution in [3.8, 4) is 0 Å². The van der Waals surface area contributed by atoms with Crippen molar-refractivity contribution < 1.29 is 23.2 Å². The van der Waals surface area contributed by atoms with Gasteiger partial charge < -0.3 is 5.71 Å². The standard InChI is InChI=1S/B.Ba.Mg.H2O4S.4H/c;;;1-5(2,3)4;;;;/h;;;(H2,1,2,3,4);;;;/q;2*+2;;4*-1. The van der Waals surface area contributed by atoms with Crippen LogP contribution in [0.25, 0.3) is 0 Å². The van der Waals surface area contributed by atoms with E-state index in [9.17, 15) is 0 Å². The smallest absolute Gasteiger partial charge is 1.00 e. The summed E-state index contributed by atoms with van der Waals surface area (Å²) in [5, 5.41) is 0. The van der Waals surface area contributed by atoms with Crippen molar-refractivity contribution in [1.82, 2.24) is 0 Å². The van der Waals surface area contributed by atoms with Crippen LogP contribution in [-0.4, -0.2) is 97.9 Å². The molecular formula is H6BBaMgO4S. The van der Waals surface area contributed by atoms with Crippen LogP contribution >= 0.6 is 0 Å². The predicted octanol–water partition coefficient (Wildman–Crippen LogP) is -1.35. The summed E-state index contributed by atoms with van der Waals surface area (Å²) in [5.74, 6) is 0. The summed E-state index contributed by atoms with van der Waals surface area (Å²) < 4.78 is 31.6. The Hall–Kier alpha value is 2.27. The fourth-order valence-electron chi connectivity index (χ4n) is 0. The van der Waals surface area contributed by atoms with Gasteiger partial charge in [0.1, 0.15) is 0 Å². The second kappa shape index (κ2) is 9.27. The topological polar surface area (TPSA) is 74.6 Å². The van der Waals surface area contributed by atoms with E-state index >= 15 is 0 Å². The Morgan fingerprint density at radius 1 is 1.25 bits per heavy atom. The molecule has 0 saturated heterocycles. The van der Waals surface area contributed by atoms with Gasteiger partial charge in [0, 0.05) is 8.41 Å². The Labute approximate surface area is 112 Å². The molecule has 4 nitrogen and oxygen atoms in total. The summed E-state index contributed by atoms with van der Waals surface area (Å²) in [6.07, 6.45) is 0. The molecule has 8 heavy (non-hydrogen) atoms. The molecule has 0 aromatic rings. The van der Waals surface area contributed by atoms with Crippen molar-refractivity contribution in [2.45, 2.75) is 0 Å². The zero-order chi connectivity index (χ0) is 4.50. The molecule has 0 atom stereocenters. The van der Waals surface area contributed by atoms with E-state index in [0.717, 1.165) is 0 Å². The van der Waals surface area contributed by atoms with Crippen molar-refractivity contribution >= 4 is 90.7 Å². The molecule has 8 heteroatoms. The van der Waals surface area contributed by atoms with E-state index in [4.69, 9.17) is 17.5 Å². The molecule has 3 radical (unpaired) electrons. The largest absolute Gasteiger partial charge is 2.00 e. The number of hydrogen-bond donors (Lipinski definition) is 2. The van der Waals surface area contributed by atoms with E-state index in [1.165, 1.54) is 0 Å². The number of hydrogen-bond acceptors (Lipinski definition) is 2. The first kappa shape index (κ1) is 22.4. The zero-order valence-corrected chi connectivity index (χ0v) is 10.8. The minimum atomic E-state index is -4.67. The molecule has 0 amide bonds. The van der Waals surface area contributed by atoms with Gasteiger partial charge in [0.25, 0.3) is 0 Å². The molecule has 0 bridgehead atoms. The summed E-state index contributed by atoms with van der Waals surface area (Å²) in [7, 11) is -4.67. The van der Waals surface area contributed by atoms with Crippen LogP contribution in [-0.2, 0) is 10.4 Å². The van der Waals surface area contributed by atoms with Gasteiger partial charge in [-0.3, -0.25) is 9.11 Å². The van der Waals surface area contributed by atoms with Crippen LogP contribution in [0.5, 0.6) is 0 Å². The summed E-state index contributed by atoms with van der Waals surface area (Å²) in [6.45, 7) is 0. The Bertz CT molecular complexity index is 110. The molecule has 0 aromatic heterocycles. The Balaban J connectivity index is -0.00000000381. The van der Waals surface area contributed by atoms with Gasteiger partial charge in [-0.15, -0.1) is 0 Å². The molecule has 0 heterocycles. The summed E-state index contributed by atoms with van der Waals surface area (Å²) in [5.41, 5.74) is 0. The second-order valence-corrected chi connectivity index (χ2v) is 1.34. The maximum atomic E-state index is 8.74. The predicted molar refractivity (Wildman–Crippen MR) is 35.9 cm³/mol. The van der Waals surface area contributed by atoms with Crippen molar-refractivity contribution in [3.05, 3.63) is 0 Å². The van der Waals surface area contributed by atoms with Gasteiger partial charge >= 0.3 is 82.3 Å². The normalized spacial score (nSPS) is 7.25. The van der Waals surface area contributed by atoms with Crippen LogP contribution in [0.3, 0.4) is 0 Å². The quantitative estimate of drug-likeness (QED) is 0.423. The van der Waals surface area contributed by atoms with Crippen LogP contribution in [0.2, 0.25) is 0 Å². The van der Waals surface area contributed by atoms with Crippen molar-refractivity contribution in [2.24, 2.45) is 0 Å². The third kappa shape index (κ3) is 84.7. The molecule has 0 fully saturated rings. The van der Waals surface area contributed by atoms with Crippen LogP contribution in [0.1, 0.15) is 5.71 Å². The molecule has 0 spiro atoms. The molecule has 0 aromatic carbocycles. The molecular weight excluding hydrogens is 269 g/mol. The Morgan fingerprint density at radius 3 is 1.25 bits per heavy atom. The van der Waals surface area contributed by atoms with Crippen molar-refractivity contribution in [1.29, 1.82) is 0 Å². The van der Waals surface area contributed by atoms with Gasteiger partial charge in [-0.25, -0.2) is 0 Å². The molecule has 0 rings (SSSR count). The Kier molecular flexibility index (Phi) is 26.0. The van der Waals surface area contributed by atoms with E-state index in [2.05, 4.69) is 0 Å². The third-order valence-electron chi connectivity index (χ3n) is 0. The van der Waals surface area contributed by atoms with Gasteiger partial charge in [0.05, 0.1) is 0 Å². The molecule has 0 unspecified atom stereocenters. The zero-order valence-electron chi connectivity index (χ0n) is 8.11. The fraction of sp³-hybridized carbons (Fsp3) is 0. The minimum absolute atomic E-state index is 0. The van der Waals surface area contributed by atoms with E-state index in [1.54, 1.807) is 0 Å².